The maximum Gasteiger partial charge on any atom is 0.514 e. The van der Waals surface area contributed by atoms with Crippen molar-refractivity contribution in [3.63, 3.8) is 0 Å². The molecule has 258 valence electrons. The summed E-state index contributed by atoms with van der Waals surface area (Å²) in [5.74, 6) is 1.77. The van der Waals surface area contributed by atoms with Crippen molar-refractivity contribution < 1.29 is 32.3 Å². The minimum absolute atomic E-state index is 0.0976. The van der Waals surface area contributed by atoms with E-state index in [0.29, 0.717) is 35.7 Å². The number of rotatable bonds is 9. The molecule has 0 radical (unpaired) electrons. The zero-order valence-electron chi connectivity index (χ0n) is 27.8. The number of methoxy groups -OCH3 is 1. The number of fused-ring (bicyclic) bond motifs is 1. The van der Waals surface area contributed by atoms with Crippen LogP contribution in [0, 0.1) is 10.1 Å². The van der Waals surface area contributed by atoms with Gasteiger partial charge in [0.1, 0.15) is 23.4 Å². The van der Waals surface area contributed by atoms with Crippen molar-refractivity contribution in [1.29, 1.82) is 0 Å². The van der Waals surface area contributed by atoms with Crippen LogP contribution in [0.1, 0.15) is 69.2 Å². The molecule has 0 atom stereocenters. The summed E-state index contributed by atoms with van der Waals surface area (Å²) in [4.78, 5) is 23.0. The molecule has 49 heavy (non-hydrogen) atoms. The molecule has 1 aliphatic heterocycles. The average molecular weight is 690 g/mol. The highest BCUT2D eigenvalue weighted by Gasteiger charge is 2.35. The lowest BCUT2D eigenvalue weighted by molar-refractivity contribution is -0.384. The highest BCUT2D eigenvalue weighted by Crippen LogP contribution is 2.38. The van der Waals surface area contributed by atoms with Crippen molar-refractivity contribution in [2.75, 3.05) is 12.4 Å². The third-order valence-corrected chi connectivity index (χ3v) is 10.7. The molecule has 2 heterocycles. The molecule has 0 saturated heterocycles. The molecule has 0 bridgehead atoms. The minimum Gasteiger partial charge on any atom is -0.497 e. The summed E-state index contributed by atoms with van der Waals surface area (Å²) in [6.45, 7) is 6.73. The predicted octanol–water partition coefficient (Wildman–Crippen LogP) is 7.24. The Morgan fingerprint density at radius 2 is 1.65 bits per heavy atom. The Morgan fingerprint density at radius 1 is 0.980 bits per heavy atom. The number of hydrogen-bond acceptors (Lipinski definition) is 10. The van der Waals surface area contributed by atoms with Gasteiger partial charge in [-0.15, -0.1) is 0 Å². The largest absolute Gasteiger partial charge is 0.514 e. The van der Waals surface area contributed by atoms with Crippen LogP contribution < -0.4 is 14.8 Å². The predicted molar refractivity (Wildman–Crippen MR) is 182 cm³/mol. The summed E-state index contributed by atoms with van der Waals surface area (Å²) >= 11 is 0. The van der Waals surface area contributed by atoms with E-state index in [1.165, 1.54) is 28.6 Å². The number of nitro benzene ring substituents is 1. The number of non-ortho nitro benzene ring substituents is 1. The van der Waals surface area contributed by atoms with Gasteiger partial charge in [-0.3, -0.25) is 10.1 Å². The number of nitro groups is 1. The molecule has 6 rings (SSSR count). The monoisotopic (exact) mass is 689 g/mol. The number of hydrogen-bond donors (Lipinski definition) is 1. The van der Waals surface area contributed by atoms with Gasteiger partial charge in [-0.05, 0) is 94.0 Å². The average Bonchev–Trinajstić information content (AvgIpc) is 3.60. The lowest BCUT2D eigenvalue weighted by atomic mass is 9.85. The first-order chi connectivity index (χ1) is 23.3. The highest BCUT2D eigenvalue weighted by atomic mass is 32.2. The second-order valence-electron chi connectivity index (χ2n) is 13.3. The third kappa shape index (κ3) is 7.55. The van der Waals surface area contributed by atoms with Gasteiger partial charge in [0.2, 0.25) is 10.0 Å². The molecule has 2 aliphatic rings. The highest BCUT2D eigenvalue weighted by molar-refractivity contribution is 7.89. The van der Waals surface area contributed by atoms with Crippen LogP contribution in [0.5, 0.6) is 11.5 Å². The van der Waals surface area contributed by atoms with Gasteiger partial charge < -0.3 is 19.5 Å². The topological polar surface area (TPSA) is 155 Å². The summed E-state index contributed by atoms with van der Waals surface area (Å²) in [6.07, 6.45) is 1.58. The van der Waals surface area contributed by atoms with Gasteiger partial charge in [-0.2, -0.15) is 9.40 Å². The fourth-order valence-corrected chi connectivity index (χ4v) is 7.85. The van der Waals surface area contributed by atoms with E-state index in [9.17, 15) is 23.3 Å². The number of nitrogens with zero attached hydrogens (tertiary/aromatic N) is 4. The second kappa shape index (κ2) is 13.5. The molecule has 0 amide bonds. The van der Waals surface area contributed by atoms with Crippen LogP contribution in [0.4, 0.5) is 22.0 Å². The lowest BCUT2D eigenvalue weighted by Gasteiger charge is -2.27. The molecule has 1 aromatic heterocycles. The van der Waals surface area contributed by atoms with Crippen LogP contribution in [0.3, 0.4) is 0 Å². The molecule has 1 aliphatic carbocycles. The van der Waals surface area contributed by atoms with Gasteiger partial charge in [-0.25, -0.2) is 17.9 Å². The maximum atomic E-state index is 13.6. The third-order valence-electron chi connectivity index (χ3n) is 8.79. The summed E-state index contributed by atoms with van der Waals surface area (Å²) < 4.78 is 46.5. The SMILES string of the molecule is COc1ccc(CN2Cc3ccc(Nc4cc(C5CCC(OC(=O)Oc6ccc([N+](=O)[O-])cc6)CC5)nn4C(C)(C)C)cc3S2(=O)=O)cc1. The van der Waals surface area contributed by atoms with E-state index in [-0.39, 0.29) is 35.5 Å². The summed E-state index contributed by atoms with van der Waals surface area (Å²) in [7, 11) is -2.10. The molecule has 4 aromatic rings. The summed E-state index contributed by atoms with van der Waals surface area (Å²) in [6, 6.07) is 20.1. The van der Waals surface area contributed by atoms with Crippen LogP contribution in [0.15, 0.2) is 77.7 Å². The van der Waals surface area contributed by atoms with E-state index in [2.05, 4.69) is 26.1 Å². The Labute approximate surface area is 285 Å². The van der Waals surface area contributed by atoms with E-state index in [0.717, 1.165) is 35.5 Å². The second-order valence-corrected chi connectivity index (χ2v) is 15.2. The number of nitrogens with one attached hydrogen (secondary N) is 1. The number of ether oxygens (including phenoxy) is 3. The molecule has 3 aromatic carbocycles. The molecule has 1 fully saturated rings. The number of sulfonamides is 1. The fourth-order valence-electron chi connectivity index (χ4n) is 6.21. The Hall–Kier alpha value is -4.95. The molecule has 1 N–H and O–H groups in total. The van der Waals surface area contributed by atoms with Crippen molar-refractivity contribution in [2.24, 2.45) is 0 Å². The Morgan fingerprint density at radius 3 is 2.29 bits per heavy atom. The first-order valence-electron chi connectivity index (χ1n) is 16.1. The van der Waals surface area contributed by atoms with E-state index < -0.39 is 21.1 Å². The van der Waals surface area contributed by atoms with Gasteiger partial charge >= 0.3 is 6.16 Å². The van der Waals surface area contributed by atoms with Crippen molar-refractivity contribution in [1.82, 2.24) is 14.1 Å². The number of aromatic nitrogens is 2. The maximum absolute atomic E-state index is 13.6. The molecule has 0 spiro atoms. The van der Waals surface area contributed by atoms with Crippen LogP contribution in [-0.4, -0.2) is 46.8 Å². The first-order valence-corrected chi connectivity index (χ1v) is 17.5. The minimum atomic E-state index is -3.69. The molecule has 0 unspecified atom stereocenters. The smallest absolute Gasteiger partial charge is 0.497 e. The molecule has 13 nitrogen and oxygen atoms in total. The number of carbonyl (C=O) groups excluding carboxylic acids is 1. The van der Waals surface area contributed by atoms with Crippen molar-refractivity contribution >= 4 is 33.4 Å². The van der Waals surface area contributed by atoms with Gasteiger partial charge in [0, 0.05) is 42.9 Å². The van der Waals surface area contributed by atoms with Crippen LogP contribution in [0.25, 0.3) is 0 Å². The zero-order chi connectivity index (χ0) is 34.9. The van der Waals surface area contributed by atoms with Gasteiger partial charge in [0.05, 0.1) is 28.2 Å². The van der Waals surface area contributed by atoms with Crippen molar-refractivity contribution in [2.45, 2.75) is 82.0 Å². The van der Waals surface area contributed by atoms with Gasteiger partial charge in [0.15, 0.2) is 0 Å². The standard InChI is InChI=1S/C35H39N5O8S/c1-35(2,3)39-33(36-26-10-7-25-22-38(49(44,45)32(25)19-26)21-23-5-13-28(46-4)14-6-23)20-31(37-39)24-8-15-29(16-9-24)47-34(41)48-30-17-11-27(12-18-30)40(42)43/h5-7,10-14,17-20,24,29,36H,8-9,15-16,21-22H2,1-4H3. The summed E-state index contributed by atoms with van der Waals surface area (Å²) in [5, 5.41) is 19.3. The Kier molecular flexibility index (Phi) is 9.36. The Balaban J connectivity index is 1.10. The number of carbonyl (C=O) groups is 1. The summed E-state index contributed by atoms with van der Waals surface area (Å²) in [5.41, 5.74) is 2.72. The molecule has 14 heteroatoms. The number of anilines is 2. The normalized spacial score (nSPS) is 18.8. The zero-order valence-corrected chi connectivity index (χ0v) is 28.6. The molecular weight excluding hydrogens is 650 g/mol. The fraction of sp³-hybridized carbons (Fsp3) is 0.371. The van der Waals surface area contributed by atoms with E-state index >= 15 is 0 Å². The van der Waals surface area contributed by atoms with Crippen LogP contribution >= 0.6 is 0 Å². The van der Waals surface area contributed by atoms with E-state index in [1.54, 1.807) is 13.2 Å². The molecular formula is C35H39N5O8S. The van der Waals surface area contributed by atoms with Crippen molar-refractivity contribution in [3.05, 3.63) is 99.7 Å². The van der Waals surface area contributed by atoms with E-state index in [1.807, 2.05) is 47.1 Å². The number of benzene rings is 3. The van der Waals surface area contributed by atoms with Gasteiger partial charge in [-0.1, -0.05) is 18.2 Å². The van der Waals surface area contributed by atoms with Crippen LogP contribution in [-0.2, 0) is 33.4 Å². The quantitative estimate of drug-likeness (QED) is 0.0822. The first kappa shape index (κ1) is 33.9. The van der Waals surface area contributed by atoms with Crippen molar-refractivity contribution in [3.8, 4) is 11.5 Å². The lowest BCUT2D eigenvalue weighted by Crippen LogP contribution is -2.26. The van der Waals surface area contributed by atoms with Crippen LogP contribution in [0.2, 0.25) is 0 Å². The molecule has 1 saturated carbocycles. The van der Waals surface area contributed by atoms with Gasteiger partial charge in [0.25, 0.3) is 5.69 Å². The Bertz CT molecular complexity index is 1950. The van der Waals surface area contributed by atoms with E-state index in [4.69, 9.17) is 19.3 Å².